The molecule has 0 radical (unpaired) electrons. The van der Waals surface area contributed by atoms with Gasteiger partial charge in [-0.05, 0) is 64.4 Å². The van der Waals surface area contributed by atoms with Crippen LogP contribution in [-0.4, -0.2) is 28.0 Å². The maximum absolute atomic E-state index is 12.6. The molecule has 0 spiro atoms. The van der Waals surface area contributed by atoms with Gasteiger partial charge in [0.2, 0.25) is 0 Å². The number of amides is 1. The second kappa shape index (κ2) is 7.67. The van der Waals surface area contributed by atoms with Crippen LogP contribution in [0.5, 0.6) is 0 Å². The molecule has 1 heterocycles. The van der Waals surface area contributed by atoms with Gasteiger partial charge in [0, 0.05) is 24.1 Å². The van der Waals surface area contributed by atoms with Crippen LogP contribution >= 0.6 is 0 Å². The van der Waals surface area contributed by atoms with E-state index in [1.165, 1.54) is 0 Å². The molecule has 1 N–H and O–H groups in total. The summed E-state index contributed by atoms with van der Waals surface area (Å²) in [6.45, 7) is 9.94. The van der Waals surface area contributed by atoms with Crippen molar-refractivity contribution in [3.63, 3.8) is 0 Å². The van der Waals surface area contributed by atoms with Crippen LogP contribution in [0.25, 0.3) is 0 Å². The van der Waals surface area contributed by atoms with Crippen molar-refractivity contribution in [2.24, 2.45) is 0 Å². The van der Waals surface area contributed by atoms with Gasteiger partial charge in [-0.15, -0.1) is 0 Å². The van der Waals surface area contributed by atoms with Crippen molar-refractivity contribution in [2.75, 3.05) is 0 Å². The molecule has 24 heavy (non-hydrogen) atoms. The Morgan fingerprint density at radius 3 is 2.08 bits per heavy atom. The summed E-state index contributed by atoms with van der Waals surface area (Å²) in [7, 11) is 0. The first-order valence-electron chi connectivity index (χ1n) is 8.45. The first-order valence-corrected chi connectivity index (χ1v) is 8.45. The lowest BCUT2D eigenvalue weighted by molar-refractivity contribution is 0.0643. The number of rotatable bonds is 6. The van der Waals surface area contributed by atoms with Crippen LogP contribution in [0.4, 0.5) is 0 Å². The average Bonchev–Trinajstić information content (AvgIpc) is 2.94. The summed E-state index contributed by atoms with van der Waals surface area (Å²) in [6, 6.07) is 11.4. The number of aryl methyl sites for hydroxylation is 1. The molecule has 1 unspecified atom stereocenters. The Bertz CT molecular complexity index is 662. The minimum atomic E-state index is -0.678. The van der Waals surface area contributed by atoms with Crippen LogP contribution in [0.2, 0.25) is 0 Å². The molecule has 0 saturated heterocycles. The largest absolute Gasteiger partial charge is 0.464 e. The summed E-state index contributed by atoms with van der Waals surface area (Å²) in [5.74, 6) is 1.39. The van der Waals surface area contributed by atoms with E-state index in [4.69, 9.17) is 4.42 Å². The predicted octanol–water partition coefficient (Wildman–Crippen LogP) is 4.12. The van der Waals surface area contributed by atoms with E-state index in [9.17, 15) is 9.90 Å². The van der Waals surface area contributed by atoms with Crippen molar-refractivity contribution in [1.82, 2.24) is 4.90 Å². The van der Waals surface area contributed by atoms with Gasteiger partial charge in [-0.1, -0.05) is 12.1 Å². The zero-order chi connectivity index (χ0) is 17.9. The van der Waals surface area contributed by atoms with Crippen molar-refractivity contribution in [2.45, 2.75) is 59.2 Å². The Balaban J connectivity index is 2.08. The molecule has 4 nitrogen and oxygen atoms in total. The number of hydrogen-bond acceptors (Lipinski definition) is 3. The van der Waals surface area contributed by atoms with Crippen LogP contribution in [0.1, 0.15) is 61.2 Å². The number of carbonyl (C=O) groups is 1. The highest BCUT2D eigenvalue weighted by atomic mass is 16.4. The van der Waals surface area contributed by atoms with Gasteiger partial charge in [0.15, 0.2) is 0 Å². The van der Waals surface area contributed by atoms with Crippen molar-refractivity contribution >= 4 is 5.91 Å². The van der Waals surface area contributed by atoms with Gasteiger partial charge in [0.05, 0.1) is 0 Å². The summed E-state index contributed by atoms with van der Waals surface area (Å²) in [5.41, 5.74) is 1.64. The molecule has 2 aromatic rings. The van der Waals surface area contributed by atoms with E-state index >= 15 is 0 Å². The molecule has 4 heteroatoms. The van der Waals surface area contributed by atoms with Crippen molar-refractivity contribution in [3.05, 3.63) is 59.0 Å². The zero-order valence-electron chi connectivity index (χ0n) is 15.1. The summed E-state index contributed by atoms with van der Waals surface area (Å²) in [5, 5.41) is 10.2. The summed E-state index contributed by atoms with van der Waals surface area (Å²) >= 11 is 0. The highest BCUT2D eigenvalue weighted by Crippen LogP contribution is 2.21. The molecule has 0 aliphatic rings. The quantitative estimate of drug-likeness (QED) is 0.867. The molecular formula is C20H27NO3. The molecule has 0 bridgehead atoms. The molecule has 2 rings (SSSR count). The number of nitrogens with zero attached hydrogens (tertiary/aromatic N) is 1. The fraction of sp³-hybridized carbons (Fsp3) is 0.450. The molecule has 1 aromatic carbocycles. The van der Waals surface area contributed by atoms with Gasteiger partial charge in [0.1, 0.15) is 17.6 Å². The number of hydrogen-bond donors (Lipinski definition) is 1. The Morgan fingerprint density at radius 1 is 1.04 bits per heavy atom. The zero-order valence-corrected chi connectivity index (χ0v) is 15.1. The second-order valence-electron chi connectivity index (χ2n) is 6.77. The van der Waals surface area contributed by atoms with Gasteiger partial charge < -0.3 is 14.4 Å². The summed E-state index contributed by atoms with van der Waals surface area (Å²) in [4.78, 5) is 14.5. The van der Waals surface area contributed by atoms with Gasteiger partial charge in [-0.2, -0.15) is 0 Å². The molecule has 0 saturated carbocycles. The Morgan fingerprint density at radius 2 is 1.62 bits per heavy atom. The topological polar surface area (TPSA) is 53.7 Å². The van der Waals surface area contributed by atoms with E-state index in [0.717, 1.165) is 11.3 Å². The first-order chi connectivity index (χ1) is 11.3. The molecule has 1 aromatic heterocycles. The smallest absolute Gasteiger partial charge is 0.254 e. The average molecular weight is 329 g/mol. The van der Waals surface area contributed by atoms with Crippen molar-refractivity contribution in [3.8, 4) is 0 Å². The van der Waals surface area contributed by atoms with E-state index in [1.54, 1.807) is 6.07 Å². The fourth-order valence-electron chi connectivity index (χ4n) is 2.95. The van der Waals surface area contributed by atoms with E-state index in [-0.39, 0.29) is 18.0 Å². The maximum Gasteiger partial charge on any atom is 0.254 e. The number of aliphatic hydroxyl groups excluding tert-OH is 1. The van der Waals surface area contributed by atoms with Gasteiger partial charge in [0.25, 0.3) is 5.91 Å². The maximum atomic E-state index is 12.6. The number of aliphatic hydroxyl groups is 1. The lowest BCUT2D eigenvalue weighted by atomic mass is 10.0. The highest BCUT2D eigenvalue weighted by molar-refractivity contribution is 5.94. The van der Waals surface area contributed by atoms with Crippen LogP contribution in [0, 0.1) is 6.92 Å². The second-order valence-corrected chi connectivity index (χ2v) is 6.77. The van der Waals surface area contributed by atoms with E-state index in [2.05, 4.69) is 0 Å². The molecule has 1 amide bonds. The van der Waals surface area contributed by atoms with Crippen molar-refractivity contribution < 1.29 is 14.3 Å². The van der Waals surface area contributed by atoms with Crippen LogP contribution < -0.4 is 0 Å². The third kappa shape index (κ3) is 4.26. The van der Waals surface area contributed by atoms with E-state index in [0.29, 0.717) is 17.7 Å². The van der Waals surface area contributed by atoms with E-state index < -0.39 is 6.10 Å². The Kier molecular flexibility index (Phi) is 5.84. The monoisotopic (exact) mass is 329 g/mol. The normalized spacial score (nSPS) is 12.7. The van der Waals surface area contributed by atoms with Gasteiger partial charge in [-0.3, -0.25) is 4.79 Å². The van der Waals surface area contributed by atoms with Crippen molar-refractivity contribution in [1.29, 1.82) is 0 Å². The summed E-state index contributed by atoms with van der Waals surface area (Å²) in [6.07, 6.45) is -0.220. The SMILES string of the molecule is Cc1ccc(C(O)Cc2ccc(C(=O)N(C(C)C)C(C)C)cc2)o1. The predicted molar refractivity (Wildman–Crippen MR) is 95.0 cm³/mol. The van der Waals surface area contributed by atoms with Crippen LogP contribution in [0.15, 0.2) is 40.8 Å². The number of carbonyl (C=O) groups excluding carboxylic acids is 1. The van der Waals surface area contributed by atoms with E-state index in [1.807, 2.05) is 69.9 Å². The standard InChI is InChI=1S/C20H27NO3/c1-13(2)21(14(3)4)20(23)17-9-7-16(8-10-17)12-18(22)19-11-6-15(5)24-19/h6-11,13-14,18,22H,12H2,1-5H3. The van der Waals surface area contributed by atoms with Gasteiger partial charge in [-0.25, -0.2) is 0 Å². The first kappa shape index (κ1) is 18.3. The molecule has 0 aliphatic heterocycles. The number of benzene rings is 1. The van der Waals surface area contributed by atoms with Gasteiger partial charge >= 0.3 is 0 Å². The molecule has 0 fully saturated rings. The molecule has 130 valence electrons. The number of furan rings is 1. The summed E-state index contributed by atoms with van der Waals surface area (Å²) < 4.78 is 5.45. The molecule has 0 aliphatic carbocycles. The van der Waals surface area contributed by atoms with Crippen LogP contribution in [-0.2, 0) is 6.42 Å². The highest BCUT2D eigenvalue weighted by Gasteiger charge is 2.21. The minimum absolute atomic E-state index is 0.0359. The van der Waals surface area contributed by atoms with Crippen LogP contribution in [0.3, 0.4) is 0 Å². The molecule has 1 atom stereocenters. The minimum Gasteiger partial charge on any atom is -0.464 e. The molecular weight excluding hydrogens is 302 g/mol. The third-order valence-corrected chi connectivity index (χ3v) is 4.07. The Hall–Kier alpha value is -2.07. The fourth-order valence-corrected chi connectivity index (χ4v) is 2.95. The lowest BCUT2D eigenvalue weighted by Crippen LogP contribution is -2.42. The Labute approximate surface area is 144 Å². The third-order valence-electron chi connectivity index (χ3n) is 4.07. The lowest BCUT2D eigenvalue weighted by Gasteiger charge is -2.30.